The zero-order chi connectivity index (χ0) is 17.3. The molecule has 8 heteroatoms. The number of rotatable bonds is 5. The molecule has 24 heavy (non-hydrogen) atoms. The molecule has 3 rings (SSSR count). The molecule has 126 valence electrons. The van der Waals surface area contributed by atoms with Crippen molar-refractivity contribution in [2.75, 3.05) is 12.9 Å². The number of aromatic amines is 1. The molecule has 0 saturated heterocycles. The molecule has 1 aliphatic rings. The maximum Gasteiger partial charge on any atom is 0.243 e. The fraction of sp³-hybridized carbons (Fsp3) is 0.375. The first-order chi connectivity index (χ1) is 11.5. The van der Waals surface area contributed by atoms with Crippen LogP contribution in [-0.4, -0.2) is 40.0 Å². The lowest BCUT2D eigenvalue weighted by molar-refractivity contribution is -0.517. The van der Waals surface area contributed by atoms with E-state index in [1.807, 2.05) is 25.1 Å². The summed E-state index contributed by atoms with van der Waals surface area (Å²) < 4.78 is 5.19. The molecule has 2 aromatic rings. The Morgan fingerprint density at radius 1 is 1.46 bits per heavy atom. The van der Waals surface area contributed by atoms with Gasteiger partial charge in [0.05, 0.1) is 29.8 Å². The summed E-state index contributed by atoms with van der Waals surface area (Å²) in [6, 6.07) is 4.96. The van der Waals surface area contributed by atoms with Crippen LogP contribution in [0.25, 0.3) is 11.0 Å². The van der Waals surface area contributed by atoms with Crippen molar-refractivity contribution >= 4 is 29.0 Å². The minimum absolute atomic E-state index is 0.188. The van der Waals surface area contributed by atoms with Crippen molar-refractivity contribution in [3.63, 3.8) is 0 Å². The number of fused-ring (bicyclic) bond motifs is 1. The topological polar surface area (TPSA) is 93.4 Å². The number of benzene rings is 1. The van der Waals surface area contributed by atoms with Crippen LogP contribution in [0.15, 0.2) is 39.6 Å². The number of imidazole rings is 1. The summed E-state index contributed by atoms with van der Waals surface area (Å²) in [7, 11) is 1.62. The lowest BCUT2D eigenvalue weighted by Gasteiger charge is -2.20. The molecule has 0 radical (unpaired) electrons. The first-order valence-corrected chi connectivity index (χ1v) is 8.52. The fourth-order valence-corrected chi connectivity index (χ4v) is 3.67. The minimum Gasteiger partial charge on any atom is -0.497 e. The van der Waals surface area contributed by atoms with E-state index in [1.54, 1.807) is 20.2 Å². The lowest BCUT2D eigenvalue weighted by atomic mass is 9.93. The van der Waals surface area contributed by atoms with Crippen LogP contribution in [0.2, 0.25) is 0 Å². The predicted molar refractivity (Wildman–Crippen MR) is 94.5 cm³/mol. The molecule has 0 bridgehead atoms. The number of H-pyrrole nitrogens is 1. The van der Waals surface area contributed by atoms with Crippen LogP contribution in [0.1, 0.15) is 13.8 Å². The molecule has 0 spiro atoms. The molecule has 2 unspecified atom stereocenters. The van der Waals surface area contributed by atoms with Crippen LogP contribution < -0.4 is 4.74 Å². The number of methoxy groups -OCH3 is 1. The van der Waals surface area contributed by atoms with Crippen molar-refractivity contribution in [1.82, 2.24) is 9.97 Å². The van der Waals surface area contributed by atoms with Crippen LogP contribution in [0.3, 0.4) is 0 Å². The molecule has 2 atom stereocenters. The second kappa shape index (κ2) is 6.64. The summed E-state index contributed by atoms with van der Waals surface area (Å²) >= 11 is 1.48. The molecular formula is C16H18N4O3S. The molecule has 1 N–H and O–H groups in total. The third-order valence-electron chi connectivity index (χ3n) is 4.10. The number of thioether (sulfide) groups is 1. The fourth-order valence-electron chi connectivity index (χ4n) is 2.75. The monoisotopic (exact) mass is 346 g/mol. The summed E-state index contributed by atoms with van der Waals surface area (Å²) in [5, 5.41) is 12.0. The van der Waals surface area contributed by atoms with E-state index in [0.29, 0.717) is 5.75 Å². The number of hydrogen-bond donors (Lipinski definition) is 1. The third-order valence-corrected chi connectivity index (χ3v) is 4.99. The number of nitro groups is 1. The van der Waals surface area contributed by atoms with Gasteiger partial charge in [-0.1, -0.05) is 18.7 Å². The van der Waals surface area contributed by atoms with Gasteiger partial charge in [0.1, 0.15) is 5.75 Å². The first kappa shape index (κ1) is 16.5. The van der Waals surface area contributed by atoms with E-state index in [0.717, 1.165) is 33.2 Å². The van der Waals surface area contributed by atoms with Crippen molar-refractivity contribution in [1.29, 1.82) is 0 Å². The summed E-state index contributed by atoms with van der Waals surface area (Å²) in [5.41, 5.74) is 3.22. The smallest absolute Gasteiger partial charge is 0.243 e. The zero-order valence-electron chi connectivity index (χ0n) is 13.6. The molecule has 1 aliphatic heterocycles. The SMILES string of the molecule is COc1ccc2[nH]c(SCC3=C(C)C([N+](=O)[O-])C(C)C=N3)nc2c1. The van der Waals surface area contributed by atoms with Gasteiger partial charge in [0.25, 0.3) is 0 Å². The maximum absolute atomic E-state index is 11.2. The van der Waals surface area contributed by atoms with E-state index >= 15 is 0 Å². The Morgan fingerprint density at radius 2 is 2.25 bits per heavy atom. The number of aliphatic imine (C=N–C) groups is 1. The standard InChI is InChI=1S/C16H18N4O3S/c1-9-7-17-14(10(2)15(9)20(21)22)8-24-16-18-12-5-4-11(23-3)6-13(12)19-16/h4-7,9,15H,8H2,1-3H3,(H,18,19). The van der Waals surface area contributed by atoms with E-state index in [9.17, 15) is 10.1 Å². The Labute approximate surface area is 143 Å². The zero-order valence-corrected chi connectivity index (χ0v) is 14.5. The van der Waals surface area contributed by atoms with Crippen LogP contribution in [0.5, 0.6) is 5.75 Å². The molecule has 1 aromatic carbocycles. The Bertz CT molecular complexity index is 843. The highest BCUT2D eigenvalue weighted by Gasteiger charge is 2.33. The van der Waals surface area contributed by atoms with Gasteiger partial charge in [-0.05, 0) is 19.1 Å². The molecule has 1 aromatic heterocycles. The number of nitrogens with zero attached hydrogens (tertiary/aromatic N) is 3. The van der Waals surface area contributed by atoms with Crippen molar-refractivity contribution in [2.45, 2.75) is 25.0 Å². The normalized spacial score (nSPS) is 20.6. The minimum atomic E-state index is -0.696. The highest BCUT2D eigenvalue weighted by Crippen LogP contribution is 2.29. The number of nitrogens with one attached hydrogen (secondary N) is 1. The largest absolute Gasteiger partial charge is 0.497 e. The Morgan fingerprint density at radius 3 is 2.96 bits per heavy atom. The molecular weight excluding hydrogens is 328 g/mol. The second-order valence-electron chi connectivity index (χ2n) is 5.71. The quantitative estimate of drug-likeness (QED) is 0.509. The lowest BCUT2D eigenvalue weighted by Crippen LogP contribution is -2.32. The summed E-state index contributed by atoms with van der Waals surface area (Å²) in [4.78, 5) is 23.2. The maximum atomic E-state index is 11.2. The third kappa shape index (κ3) is 3.14. The van der Waals surface area contributed by atoms with Gasteiger partial charge in [-0.25, -0.2) is 4.98 Å². The van der Waals surface area contributed by atoms with E-state index in [2.05, 4.69) is 15.0 Å². The van der Waals surface area contributed by atoms with Crippen molar-refractivity contribution in [3.8, 4) is 5.75 Å². The average molecular weight is 346 g/mol. The summed E-state index contributed by atoms with van der Waals surface area (Å²) in [6.07, 6.45) is 1.67. The second-order valence-corrected chi connectivity index (χ2v) is 6.67. The van der Waals surface area contributed by atoms with E-state index < -0.39 is 6.04 Å². The number of hydrogen-bond acceptors (Lipinski definition) is 6. The van der Waals surface area contributed by atoms with Crippen molar-refractivity contribution in [2.24, 2.45) is 10.9 Å². The van der Waals surface area contributed by atoms with E-state index in [-0.39, 0.29) is 10.8 Å². The highest BCUT2D eigenvalue weighted by atomic mass is 32.2. The predicted octanol–water partition coefficient (Wildman–Crippen LogP) is 3.30. The van der Waals surface area contributed by atoms with Crippen LogP contribution in [-0.2, 0) is 0 Å². The van der Waals surface area contributed by atoms with Gasteiger partial charge in [-0.3, -0.25) is 15.1 Å². The van der Waals surface area contributed by atoms with Gasteiger partial charge in [-0.2, -0.15) is 0 Å². The van der Waals surface area contributed by atoms with E-state index in [1.165, 1.54) is 11.8 Å². The number of aromatic nitrogens is 2. The molecule has 2 heterocycles. The van der Waals surface area contributed by atoms with Crippen molar-refractivity contribution < 1.29 is 9.66 Å². The Hall–Kier alpha value is -2.35. The Kier molecular flexibility index (Phi) is 4.57. The summed E-state index contributed by atoms with van der Waals surface area (Å²) in [5.74, 6) is 1.10. The molecule has 0 aliphatic carbocycles. The summed E-state index contributed by atoms with van der Waals surface area (Å²) in [6.45, 7) is 3.61. The van der Waals surface area contributed by atoms with Crippen LogP contribution in [0.4, 0.5) is 0 Å². The molecule has 0 amide bonds. The van der Waals surface area contributed by atoms with Crippen LogP contribution in [0, 0.1) is 16.0 Å². The number of ether oxygens (including phenoxy) is 1. The molecule has 0 saturated carbocycles. The molecule has 0 fully saturated rings. The highest BCUT2D eigenvalue weighted by molar-refractivity contribution is 7.99. The first-order valence-electron chi connectivity index (χ1n) is 7.53. The van der Waals surface area contributed by atoms with Gasteiger partial charge in [0.2, 0.25) is 6.04 Å². The van der Waals surface area contributed by atoms with Gasteiger partial charge in [0.15, 0.2) is 5.16 Å². The van der Waals surface area contributed by atoms with Gasteiger partial charge < -0.3 is 9.72 Å². The van der Waals surface area contributed by atoms with E-state index in [4.69, 9.17) is 4.74 Å². The van der Waals surface area contributed by atoms with Gasteiger partial charge >= 0.3 is 0 Å². The van der Waals surface area contributed by atoms with Crippen LogP contribution >= 0.6 is 11.8 Å². The van der Waals surface area contributed by atoms with Gasteiger partial charge in [-0.15, -0.1) is 0 Å². The Balaban J connectivity index is 1.78. The molecule has 7 nitrogen and oxygen atoms in total. The van der Waals surface area contributed by atoms with Gasteiger partial charge in [0, 0.05) is 28.5 Å². The van der Waals surface area contributed by atoms with Crippen molar-refractivity contribution in [3.05, 3.63) is 39.6 Å². The average Bonchev–Trinajstić information content (AvgIpc) is 2.95.